The maximum atomic E-state index is 10.5. The van der Waals surface area contributed by atoms with Gasteiger partial charge < -0.3 is 15.3 Å². The second-order valence-electron chi connectivity index (χ2n) is 3.02. The van der Waals surface area contributed by atoms with Crippen LogP contribution in [0.3, 0.4) is 0 Å². The number of aliphatic hydroxyl groups excluding tert-OH is 2. The Hall–Kier alpha value is -1.27. The molecule has 0 saturated heterocycles. The first-order valence-corrected chi connectivity index (χ1v) is 4.31. The average molecular weight is 220 g/mol. The van der Waals surface area contributed by atoms with Gasteiger partial charge in [-0.2, -0.15) is 0 Å². The first kappa shape index (κ1) is 16.2. The van der Waals surface area contributed by atoms with Crippen molar-refractivity contribution in [2.45, 2.75) is 32.8 Å². The Morgan fingerprint density at radius 2 is 1.60 bits per heavy atom. The zero-order valence-corrected chi connectivity index (χ0v) is 8.77. The standard InChI is InChI=1S/C6H8O4.C3H8O2/c1-4(7)2-5(8)3-6(9)10;1-3(5)2-4/h2-3H2,1H3,(H,9,10);3-5H,2H2,1H3. The molecule has 0 spiro atoms. The SMILES string of the molecule is CC(=O)CC(=O)CC(=O)O.CC(O)CO. The van der Waals surface area contributed by atoms with E-state index in [-0.39, 0.29) is 18.8 Å². The molecule has 88 valence electrons. The number of carbonyl (C=O) groups excluding carboxylic acids is 2. The molecule has 0 aliphatic carbocycles. The summed E-state index contributed by atoms with van der Waals surface area (Å²) in [5.41, 5.74) is 0. The summed E-state index contributed by atoms with van der Waals surface area (Å²) in [6.45, 7) is 2.64. The molecule has 1 unspecified atom stereocenters. The lowest BCUT2D eigenvalue weighted by Crippen LogP contribution is -2.09. The first-order valence-electron chi connectivity index (χ1n) is 4.31. The van der Waals surface area contributed by atoms with E-state index in [9.17, 15) is 14.4 Å². The lowest BCUT2D eigenvalue weighted by Gasteiger charge is -1.90. The molecule has 15 heavy (non-hydrogen) atoms. The van der Waals surface area contributed by atoms with Crippen LogP contribution >= 0.6 is 0 Å². The van der Waals surface area contributed by atoms with Crippen LogP contribution in [0.2, 0.25) is 0 Å². The Morgan fingerprint density at radius 1 is 1.20 bits per heavy atom. The van der Waals surface area contributed by atoms with Gasteiger partial charge in [0.1, 0.15) is 12.2 Å². The van der Waals surface area contributed by atoms with E-state index in [1.165, 1.54) is 13.8 Å². The van der Waals surface area contributed by atoms with Crippen molar-refractivity contribution >= 4 is 17.5 Å². The molecule has 3 N–H and O–H groups in total. The number of ketones is 2. The number of aliphatic hydroxyl groups is 2. The van der Waals surface area contributed by atoms with Crippen molar-refractivity contribution in [2.75, 3.05) is 6.61 Å². The highest BCUT2D eigenvalue weighted by atomic mass is 16.4. The summed E-state index contributed by atoms with van der Waals surface area (Å²) in [5.74, 6) is -2.03. The monoisotopic (exact) mass is 220 g/mol. The van der Waals surface area contributed by atoms with Crippen molar-refractivity contribution < 1.29 is 29.7 Å². The van der Waals surface area contributed by atoms with Crippen LogP contribution in [0.25, 0.3) is 0 Å². The Kier molecular flexibility index (Phi) is 10.0. The Bertz CT molecular complexity index is 203. The third kappa shape index (κ3) is 19.2. The number of carboxylic acids is 1. The summed E-state index contributed by atoms with van der Waals surface area (Å²) < 4.78 is 0. The molecule has 0 bridgehead atoms. The maximum Gasteiger partial charge on any atom is 0.310 e. The highest BCUT2D eigenvalue weighted by Crippen LogP contribution is 1.90. The molecule has 0 rings (SSSR count). The van der Waals surface area contributed by atoms with Gasteiger partial charge in [0.25, 0.3) is 0 Å². The smallest absolute Gasteiger partial charge is 0.310 e. The Morgan fingerprint density at radius 3 is 1.80 bits per heavy atom. The minimum Gasteiger partial charge on any atom is -0.481 e. The highest BCUT2D eigenvalue weighted by molar-refractivity contribution is 6.04. The predicted molar refractivity (Wildman–Crippen MR) is 51.3 cm³/mol. The molecule has 0 radical (unpaired) electrons. The van der Waals surface area contributed by atoms with E-state index in [0.29, 0.717) is 0 Å². The first-order chi connectivity index (χ1) is 6.79. The molecule has 6 nitrogen and oxygen atoms in total. The van der Waals surface area contributed by atoms with Crippen LogP contribution in [0.1, 0.15) is 26.7 Å². The number of hydrogen-bond donors (Lipinski definition) is 3. The highest BCUT2D eigenvalue weighted by Gasteiger charge is 2.08. The van der Waals surface area contributed by atoms with Crippen molar-refractivity contribution in [1.29, 1.82) is 0 Å². The van der Waals surface area contributed by atoms with Crippen LogP contribution in [0, 0.1) is 0 Å². The van der Waals surface area contributed by atoms with Crippen LogP contribution in [0.5, 0.6) is 0 Å². The molecular weight excluding hydrogens is 204 g/mol. The molecule has 6 heteroatoms. The van der Waals surface area contributed by atoms with Gasteiger partial charge in [-0.05, 0) is 13.8 Å². The van der Waals surface area contributed by atoms with E-state index in [2.05, 4.69) is 0 Å². The van der Waals surface area contributed by atoms with Crippen molar-refractivity contribution in [3.8, 4) is 0 Å². The number of carbonyl (C=O) groups is 3. The number of carboxylic acid groups (broad SMARTS) is 1. The lowest BCUT2D eigenvalue weighted by atomic mass is 10.2. The largest absolute Gasteiger partial charge is 0.481 e. The molecule has 0 aliphatic heterocycles. The normalized spacial score (nSPS) is 10.9. The molecule has 0 aromatic heterocycles. The molecule has 0 amide bonds. The fourth-order valence-corrected chi connectivity index (χ4v) is 0.509. The van der Waals surface area contributed by atoms with Crippen LogP contribution < -0.4 is 0 Å². The summed E-state index contributed by atoms with van der Waals surface area (Å²) in [7, 11) is 0. The summed E-state index contributed by atoms with van der Waals surface area (Å²) in [4.78, 5) is 30.5. The number of rotatable bonds is 5. The summed E-state index contributed by atoms with van der Waals surface area (Å²) in [6, 6.07) is 0. The Labute approximate surface area is 87.5 Å². The van der Waals surface area contributed by atoms with Gasteiger partial charge in [-0.1, -0.05) is 0 Å². The number of Topliss-reactive ketones (excluding diaryl/α,β-unsaturated/α-hetero) is 2. The fourth-order valence-electron chi connectivity index (χ4n) is 0.509. The van der Waals surface area contributed by atoms with Gasteiger partial charge >= 0.3 is 5.97 Å². The zero-order chi connectivity index (χ0) is 12.4. The molecule has 0 saturated carbocycles. The second kappa shape index (κ2) is 9.29. The molecule has 1 atom stereocenters. The van der Waals surface area contributed by atoms with E-state index >= 15 is 0 Å². The molecular formula is C9H16O6. The molecule has 0 fully saturated rings. The van der Waals surface area contributed by atoms with Crippen molar-refractivity contribution in [3.63, 3.8) is 0 Å². The van der Waals surface area contributed by atoms with E-state index < -0.39 is 24.3 Å². The van der Waals surface area contributed by atoms with Crippen LogP contribution in [-0.2, 0) is 14.4 Å². The molecule has 0 heterocycles. The van der Waals surface area contributed by atoms with Gasteiger partial charge in [0, 0.05) is 0 Å². The topological polar surface area (TPSA) is 112 Å². The van der Waals surface area contributed by atoms with Crippen molar-refractivity contribution in [1.82, 2.24) is 0 Å². The van der Waals surface area contributed by atoms with E-state index in [1.54, 1.807) is 0 Å². The number of hydrogen-bond acceptors (Lipinski definition) is 5. The quantitative estimate of drug-likeness (QED) is 0.532. The minimum absolute atomic E-state index is 0.139. The van der Waals surface area contributed by atoms with Crippen molar-refractivity contribution in [2.24, 2.45) is 0 Å². The van der Waals surface area contributed by atoms with Crippen LogP contribution in [0.4, 0.5) is 0 Å². The van der Waals surface area contributed by atoms with Gasteiger partial charge in [0.05, 0.1) is 19.1 Å². The van der Waals surface area contributed by atoms with Gasteiger partial charge in [0.2, 0.25) is 0 Å². The van der Waals surface area contributed by atoms with Crippen LogP contribution in [0.15, 0.2) is 0 Å². The maximum absolute atomic E-state index is 10.5. The van der Waals surface area contributed by atoms with E-state index in [4.69, 9.17) is 15.3 Å². The fraction of sp³-hybridized carbons (Fsp3) is 0.667. The third-order valence-electron chi connectivity index (χ3n) is 1.06. The van der Waals surface area contributed by atoms with Gasteiger partial charge in [0.15, 0.2) is 5.78 Å². The molecule has 0 aliphatic rings. The molecule has 0 aromatic rings. The van der Waals surface area contributed by atoms with Gasteiger partial charge in [-0.3, -0.25) is 14.4 Å². The summed E-state index contributed by atoms with van der Waals surface area (Å²) in [5, 5.41) is 24.1. The predicted octanol–water partition coefficient (Wildman–Crippen LogP) is -0.631. The van der Waals surface area contributed by atoms with E-state index in [1.807, 2.05) is 0 Å². The van der Waals surface area contributed by atoms with Crippen LogP contribution in [-0.4, -0.2) is 45.6 Å². The summed E-state index contributed by atoms with van der Waals surface area (Å²) >= 11 is 0. The second-order valence-corrected chi connectivity index (χ2v) is 3.02. The number of aliphatic carboxylic acids is 1. The minimum atomic E-state index is -1.19. The van der Waals surface area contributed by atoms with E-state index in [0.717, 1.165) is 0 Å². The third-order valence-corrected chi connectivity index (χ3v) is 1.06. The van der Waals surface area contributed by atoms with Gasteiger partial charge in [-0.25, -0.2) is 0 Å². The van der Waals surface area contributed by atoms with Crippen molar-refractivity contribution in [3.05, 3.63) is 0 Å². The zero-order valence-electron chi connectivity index (χ0n) is 8.77. The Balaban J connectivity index is 0. The average Bonchev–Trinajstić information content (AvgIpc) is 2.01. The lowest BCUT2D eigenvalue weighted by molar-refractivity contribution is -0.140. The van der Waals surface area contributed by atoms with Gasteiger partial charge in [-0.15, -0.1) is 0 Å². The summed E-state index contributed by atoms with van der Waals surface area (Å²) in [6.07, 6.45) is -1.39. The molecule has 0 aromatic carbocycles.